The second-order valence-corrected chi connectivity index (χ2v) is 10.2. The minimum atomic E-state index is -0.772. The molecule has 1 aromatic heterocycles. The Morgan fingerprint density at radius 2 is 1.76 bits per heavy atom. The molecule has 37 heavy (non-hydrogen) atoms. The fraction of sp³-hybridized carbons (Fsp3) is 0.423. The zero-order valence-corrected chi connectivity index (χ0v) is 21.2. The Hall–Kier alpha value is -3.80. The van der Waals surface area contributed by atoms with Gasteiger partial charge in [-0.25, -0.2) is 9.78 Å². The van der Waals surface area contributed by atoms with Gasteiger partial charge in [0.15, 0.2) is 0 Å². The van der Waals surface area contributed by atoms with Crippen molar-refractivity contribution in [2.24, 2.45) is 11.5 Å². The number of benzene rings is 1. The summed E-state index contributed by atoms with van der Waals surface area (Å²) in [5.74, 6) is 0.175. The molecule has 2 aliphatic rings. The van der Waals surface area contributed by atoms with Crippen LogP contribution in [0.25, 0.3) is 0 Å². The normalized spacial score (nSPS) is 16.4. The molecule has 4 N–H and O–H groups in total. The Morgan fingerprint density at radius 1 is 1.08 bits per heavy atom. The van der Waals surface area contributed by atoms with Crippen molar-refractivity contribution in [3.63, 3.8) is 0 Å². The van der Waals surface area contributed by atoms with Gasteiger partial charge in [0.25, 0.3) is 0 Å². The Morgan fingerprint density at radius 3 is 2.32 bits per heavy atom. The fourth-order valence-corrected chi connectivity index (χ4v) is 5.60. The number of carbonyl (C=O) groups is 2. The smallest absolute Gasteiger partial charge is 0.404 e. The summed E-state index contributed by atoms with van der Waals surface area (Å²) in [5.41, 5.74) is 13.1. The van der Waals surface area contributed by atoms with Crippen molar-refractivity contribution in [2.45, 2.75) is 35.5 Å². The van der Waals surface area contributed by atoms with Crippen molar-refractivity contribution in [1.29, 1.82) is 10.5 Å². The van der Waals surface area contributed by atoms with Crippen LogP contribution in [0.1, 0.15) is 52.7 Å². The van der Waals surface area contributed by atoms with Crippen LogP contribution in [-0.4, -0.2) is 61.2 Å². The predicted molar refractivity (Wildman–Crippen MR) is 139 cm³/mol. The molecule has 1 aliphatic carbocycles. The summed E-state index contributed by atoms with van der Waals surface area (Å²) in [5, 5.41) is 20.0. The highest BCUT2D eigenvalue weighted by molar-refractivity contribution is 8.00. The number of piperazine rings is 1. The van der Waals surface area contributed by atoms with Gasteiger partial charge in [0.05, 0.1) is 17.7 Å². The van der Waals surface area contributed by atoms with Gasteiger partial charge < -0.3 is 21.1 Å². The van der Waals surface area contributed by atoms with Gasteiger partial charge in [0.2, 0.25) is 5.91 Å². The van der Waals surface area contributed by atoms with E-state index in [1.54, 1.807) is 0 Å². The lowest BCUT2D eigenvalue weighted by atomic mass is 9.99. The van der Waals surface area contributed by atoms with E-state index in [0.717, 1.165) is 43.6 Å². The zero-order chi connectivity index (χ0) is 26.4. The number of hydrogen-bond acceptors (Lipinski definition) is 9. The number of thioether (sulfide) groups is 1. The lowest BCUT2D eigenvalue weighted by Gasteiger charge is -2.36. The Balaban J connectivity index is 1.61. The number of nitrogens with two attached hydrogens (primary N) is 2. The first-order valence-electron chi connectivity index (χ1n) is 12.2. The van der Waals surface area contributed by atoms with Gasteiger partial charge in [0.1, 0.15) is 28.2 Å². The van der Waals surface area contributed by atoms with Gasteiger partial charge in [-0.2, -0.15) is 10.5 Å². The SMILES string of the molecule is N#Cc1c(SC(C(N)=O)c2ccccc2)nc(N2CCN(CCCOC(N)=O)CC2)c(C#N)c1C1CC1. The maximum atomic E-state index is 12.4. The number of rotatable bonds is 10. The van der Waals surface area contributed by atoms with Crippen molar-refractivity contribution < 1.29 is 14.3 Å². The molecule has 192 valence electrons. The van der Waals surface area contributed by atoms with Gasteiger partial charge in [-0.05, 0) is 36.3 Å². The number of ether oxygens (including phenoxy) is 1. The Bertz CT molecular complexity index is 1230. The van der Waals surface area contributed by atoms with E-state index in [9.17, 15) is 20.1 Å². The van der Waals surface area contributed by atoms with Crippen molar-refractivity contribution in [3.05, 3.63) is 52.6 Å². The number of amides is 2. The zero-order valence-electron chi connectivity index (χ0n) is 20.4. The van der Waals surface area contributed by atoms with Crippen LogP contribution in [0.15, 0.2) is 35.4 Å². The standard InChI is InChI=1S/C26H29N7O3S/c27-15-19-21(17-7-8-17)20(16-28)25(37-22(23(29)34)18-5-2-1-3-6-18)31-24(19)33-12-10-32(11-13-33)9-4-14-36-26(30)35/h1-3,5-6,17,22H,4,7-14H2,(H2,29,34)(H2,30,35). The second kappa shape index (κ2) is 12.0. The molecular formula is C26H29N7O3S. The second-order valence-electron chi connectivity index (χ2n) is 9.06. The van der Waals surface area contributed by atoms with Crippen LogP contribution in [0, 0.1) is 22.7 Å². The largest absolute Gasteiger partial charge is 0.450 e. The first kappa shape index (κ1) is 26.3. The third kappa shape index (κ3) is 6.31. The number of nitriles is 2. The van der Waals surface area contributed by atoms with Crippen molar-refractivity contribution >= 4 is 29.6 Å². The summed E-state index contributed by atoms with van der Waals surface area (Å²) in [6.45, 7) is 3.83. The lowest BCUT2D eigenvalue weighted by molar-refractivity contribution is -0.117. The minimum absolute atomic E-state index is 0.140. The summed E-state index contributed by atoms with van der Waals surface area (Å²) < 4.78 is 4.80. The van der Waals surface area contributed by atoms with Crippen LogP contribution in [0.2, 0.25) is 0 Å². The molecule has 1 saturated heterocycles. The van der Waals surface area contributed by atoms with Crippen LogP contribution < -0.4 is 16.4 Å². The van der Waals surface area contributed by atoms with Gasteiger partial charge in [0, 0.05) is 32.7 Å². The molecule has 1 aromatic carbocycles. The van der Waals surface area contributed by atoms with E-state index < -0.39 is 17.3 Å². The number of carbonyl (C=O) groups excluding carboxylic acids is 2. The van der Waals surface area contributed by atoms with Gasteiger partial charge >= 0.3 is 6.09 Å². The molecule has 0 bridgehead atoms. The molecule has 1 atom stereocenters. The van der Waals surface area contributed by atoms with E-state index in [1.165, 1.54) is 11.8 Å². The van der Waals surface area contributed by atoms with Crippen LogP contribution in [0.4, 0.5) is 10.6 Å². The van der Waals surface area contributed by atoms with E-state index in [1.807, 2.05) is 30.3 Å². The summed E-state index contributed by atoms with van der Waals surface area (Å²) in [6.07, 6.45) is 1.74. The van der Waals surface area contributed by atoms with E-state index in [4.69, 9.17) is 21.2 Å². The number of pyridine rings is 1. The number of aromatic nitrogens is 1. The van der Waals surface area contributed by atoms with Gasteiger partial charge in [-0.15, -0.1) is 0 Å². The van der Waals surface area contributed by atoms with Crippen LogP contribution in [0.5, 0.6) is 0 Å². The van der Waals surface area contributed by atoms with Crippen molar-refractivity contribution in [1.82, 2.24) is 9.88 Å². The highest BCUT2D eigenvalue weighted by Crippen LogP contribution is 2.48. The third-order valence-electron chi connectivity index (χ3n) is 6.52. The van der Waals surface area contributed by atoms with Crippen molar-refractivity contribution in [3.8, 4) is 12.1 Å². The number of anilines is 1. The van der Waals surface area contributed by atoms with Crippen LogP contribution >= 0.6 is 11.8 Å². The quantitative estimate of drug-likeness (QED) is 0.355. The maximum absolute atomic E-state index is 12.4. The highest BCUT2D eigenvalue weighted by atomic mass is 32.2. The monoisotopic (exact) mass is 519 g/mol. The molecule has 1 aliphatic heterocycles. The molecule has 10 nitrogen and oxygen atoms in total. The number of hydrogen-bond donors (Lipinski definition) is 2. The molecule has 1 unspecified atom stereocenters. The summed E-state index contributed by atoms with van der Waals surface area (Å²) in [6, 6.07) is 13.8. The fourth-order valence-electron chi connectivity index (χ4n) is 4.56. The van der Waals surface area contributed by atoms with Gasteiger partial charge in [-0.1, -0.05) is 42.1 Å². The van der Waals surface area contributed by atoms with Crippen LogP contribution in [-0.2, 0) is 9.53 Å². The first-order valence-corrected chi connectivity index (χ1v) is 13.1. The Labute approximate surface area is 220 Å². The average Bonchev–Trinajstić information content (AvgIpc) is 3.75. The summed E-state index contributed by atoms with van der Waals surface area (Å²) >= 11 is 1.17. The van der Waals surface area contributed by atoms with E-state index in [2.05, 4.69) is 21.9 Å². The number of primary amides is 2. The van der Waals surface area contributed by atoms with E-state index in [-0.39, 0.29) is 12.5 Å². The predicted octanol–water partition coefficient (Wildman–Crippen LogP) is 2.63. The Kier molecular flexibility index (Phi) is 8.49. The maximum Gasteiger partial charge on any atom is 0.404 e. The molecule has 2 aromatic rings. The highest BCUT2D eigenvalue weighted by Gasteiger charge is 2.35. The average molecular weight is 520 g/mol. The molecule has 2 amide bonds. The third-order valence-corrected chi connectivity index (χ3v) is 7.78. The lowest BCUT2D eigenvalue weighted by Crippen LogP contribution is -2.47. The molecule has 1 saturated carbocycles. The number of nitrogens with zero attached hydrogens (tertiary/aromatic N) is 5. The van der Waals surface area contributed by atoms with Crippen molar-refractivity contribution in [2.75, 3.05) is 44.2 Å². The summed E-state index contributed by atoms with van der Waals surface area (Å²) in [4.78, 5) is 32.3. The molecule has 4 rings (SSSR count). The molecule has 2 heterocycles. The van der Waals surface area contributed by atoms with Gasteiger partial charge in [-0.3, -0.25) is 9.69 Å². The molecular weight excluding hydrogens is 490 g/mol. The van der Waals surface area contributed by atoms with E-state index >= 15 is 0 Å². The first-order chi connectivity index (χ1) is 17.9. The van der Waals surface area contributed by atoms with E-state index in [0.29, 0.717) is 41.5 Å². The molecule has 11 heteroatoms. The summed E-state index contributed by atoms with van der Waals surface area (Å²) in [7, 11) is 0. The topological polar surface area (TPSA) is 162 Å². The van der Waals surface area contributed by atoms with Crippen LogP contribution in [0.3, 0.4) is 0 Å². The molecule has 0 radical (unpaired) electrons. The molecule has 0 spiro atoms. The minimum Gasteiger partial charge on any atom is -0.450 e. The molecule has 2 fully saturated rings.